The van der Waals surface area contributed by atoms with Crippen molar-refractivity contribution in [3.63, 3.8) is 0 Å². The van der Waals surface area contributed by atoms with Gasteiger partial charge in [-0.15, -0.1) is 0 Å². The summed E-state index contributed by atoms with van der Waals surface area (Å²) >= 11 is 6.78. The first kappa shape index (κ1) is 25.3. The molecule has 0 aliphatic carbocycles. The smallest absolute Gasteiger partial charge is 0.331 e. The highest BCUT2D eigenvalue weighted by molar-refractivity contribution is 9.11. The Morgan fingerprint density at radius 3 is 2.26 bits per heavy atom. The molecule has 0 saturated heterocycles. The van der Waals surface area contributed by atoms with Crippen molar-refractivity contribution in [3.05, 3.63) is 50.4 Å². The number of aliphatic carboxylic acids is 1. The highest BCUT2D eigenvalue weighted by atomic mass is 79.9. The number of ether oxygens (including phenoxy) is 1. The second kappa shape index (κ2) is 10.6. The molecule has 1 atom stereocenters. The number of rotatable bonds is 10. The van der Waals surface area contributed by atoms with Crippen molar-refractivity contribution in [1.82, 2.24) is 0 Å². The number of carboxylic acid groups (broad SMARTS) is 1. The van der Waals surface area contributed by atoms with Crippen LogP contribution in [0.15, 0.2) is 39.3 Å². The fourth-order valence-electron chi connectivity index (χ4n) is 3.09. The number of nitrogens with two attached hydrogens (primary N) is 2. The van der Waals surface area contributed by atoms with Gasteiger partial charge in [-0.3, -0.25) is 4.79 Å². The Morgan fingerprint density at radius 1 is 1.13 bits per heavy atom. The molecule has 0 aromatic heterocycles. The Kier molecular flexibility index (Phi) is 8.65. The number of halogens is 2. The van der Waals surface area contributed by atoms with Gasteiger partial charge in [0.15, 0.2) is 17.1 Å². The summed E-state index contributed by atoms with van der Waals surface area (Å²) in [6.07, 6.45) is 0.982. The molecule has 6 N–H and O–H groups in total. The largest absolute Gasteiger partial charge is 0.508 e. The van der Waals surface area contributed by atoms with Gasteiger partial charge in [0.05, 0.1) is 8.95 Å². The van der Waals surface area contributed by atoms with Gasteiger partial charge in [-0.1, -0.05) is 13.8 Å². The zero-order valence-corrected chi connectivity index (χ0v) is 20.5. The Bertz CT molecular complexity index is 957. The zero-order valence-electron chi connectivity index (χ0n) is 17.3. The second-order valence-corrected chi connectivity index (χ2v) is 9.31. The predicted octanol–water partition coefficient (Wildman–Crippen LogP) is 4.93. The van der Waals surface area contributed by atoms with Crippen LogP contribution in [0.2, 0.25) is 0 Å². The highest BCUT2D eigenvalue weighted by Crippen LogP contribution is 2.40. The van der Waals surface area contributed by atoms with Gasteiger partial charge < -0.3 is 26.4 Å². The van der Waals surface area contributed by atoms with E-state index in [0.717, 1.165) is 5.56 Å². The topological polar surface area (TPSA) is 136 Å². The lowest BCUT2D eigenvalue weighted by molar-refractivity contribution is -0.141. The van der Waals surface area contributed by atoms with Gasteiger partial charge in [-0.2, -0.15) is 0 Å². The van der Waals surface area contributed by atoms with Crippen molar-refractivity contribution in [2.24, 2.45) is 11.5 Å². The average molecular weight is 558 g/mol. The van der Waals surface area contributed by atoms with Crippen molar-refractivity contribution in [2.45, 2.75) is 44.6 Å². The molecule has 2 aromatic rings. The number of phenols is 1. The van der Waals surface area contributed by atoms with E-state index >= 15 is 0 Å². The maximum atomic E-state index is 13.0. The van der Waals surface area contributed by atoms with Crippen LogP contribution in [0.25, 0.3) is 0 Å². The van der Waals surface area contributed by atoms with Gasteiger partial charge in [0.1, 0.15) is 11.5 Å². The summed E-state index contributed by atoms with van der Waals surface area (Å²) in [6.45, 7) is 4.31. The van der Waals surface area contributed by atoms with Gasteiger partial charge in [0.25, 0.3) is 0 Å². The van der Waals surface area contributed by atoms with Gasteiger partial charge in [-0.25, -0.2) is 4.79 Å². The van der Waals surface area contributed by atoms with E-state index in [1.807, 2.05) is 13.8 Å². The molecule has 0 amide bonds. The van der Waals surface area contributed by atoms with E-state index in [1.165, 1.54) is 12.1 Å². The maximum absolute atomic E-state index is 13.0. The number of Topliss-reactive ketones (excluding diaryl/α,β-unsaturated/α-hetero) is 1. The molecule has 0 radical (unpaired) electrons. The molecule has 2 rings (SSSR count). The van der Waals surface area contributed by atoms with Crippen molar-refractivity contribution in [1.29, 1.82) is 0 Å². The number of aromatic hydroxyl groups is 1. The number of hydrogen-bond acceptors (Lipinski definition) is 6. The van der Waals surface area contributed by atoms with E-state index in [2.05, 4.69) is 31.9 Å². The normalized spacial score (nSPS) is 13.1. The zero-order chi connectivity index (χ0) is 23.3. The average Bonchev–Trinajstić information content (AvgIpc) is 2.70. The van der Waals surface area contributed by atoms with E-state index in [4.69, 9.17) is 16.2 Å². The number of hydrogen-bond donors (Lipinski definition) is 4. The summed E-state index contributed by atoms with van der Waals surface area (Å²) in [4.78, 5) is 24.8. The number of ketones is 1. The van der Waals surface area contributed by atoms with E-state index in [1.54, 1.807) is 18.2 Å². The fraction of sp³-hybridized carbons (Fsp3) is 0.364. The van der Waals surface area contributed by atoms with Gasteiger partial charge in [0.2, 0.25) is 0 Å². The first-order valence-corrected chi connectivity index (χ1v) is 11.4. The minimum Gasteiger partial charge on any atom is -0.508 e. The van der Waals surface area contributed by atoms with Crippen molar-refractivity contribution in [2.75, 3.05) is 6.54 Å². The molecule has 7 nitrogen and oxygen atoms in total. The molecule has 1 unspecified atom stereocenters. The minimum absolute atomic E-state index is 0.0165. The van der Waals surface area contributed by atoms with Crippen LogP contribution in [0.3, 0.4) is 0 Å². The molecule has 0 fully saturated rings. The van der Waals surface area contributed by atoms with Crippen LogP contribution in [0, 0.1) is 0 Å². The van der Waals surface area contributed by atoms with E-state index in [9.17, 15) is 19.8 Å². The van der Waals surface area contributed by atoms with Crippen LogP contribution >= 0.6 is 31.9 Å². The number of carboxylic acids is 1. The summed E-state index contributed by atoms with van der Waals surface area (Å²) in [5.41, 5.74) is 10.3. The quantitative estimate of drug-likeness (QED) is 0.185. The summed E-state index contributed by atoms with van der Waals surface area (Å²) < 4.78 is 6.84. The fourth-order valence-corrected chi connectivity index (χ4v) is 4.44. The van der Waals surface area contributed by atoms with Crippen molar-refractivity contribution in [3.8, 4) is 17.2 Å². The third kappa shape index (κ3) is 5.85. The van der Waals surface area contributed by atoms with E-state index in [0.29, 0.717) is 39.8 Å². The van der Waals surface area contributed by atoms with Gasteiger partial charge >= 0.3 is 5.97 Å². The SMILES string of the molecule is CC(C)c1cc(Oc2c(Br)cc(C(=O)C(N)(CCCCN)C(=O)O)cc2Br)ccc1O. The number of unbranched alkanes of at least 4 members (excludes halogenated alkanes) is 1. The molecular formula is C22H26Br2N2O5. The molecule has 0 heterocycles. The molecule has 31 heavy (non-hydrogen) atoms. The second-order valence-electron chi connectivity index (χ2n) is 7.60. The lowest BCUT2D eigenvalue weighted by atomic mass is 9.85. The Morgan fingerprint density at radius 2 is 1.74 bits per heavy atom. The molecule has 0 bridgehead atoms. The molecular weight excluding hydrogens is 532 g/mol. The summed E-state index contributed by atoms with van der Waals surface area (Å²) in [7, 11) is 0. The number of carbonyl (C=O) groups excluding carboxylic acids is 1. The van der Waals surface area contributed by atoms with Crippen LogP contribution in [0.1, 0.15) is 54.9 Å². The van der Waals surface area contributed by atoms with Crippen LogP contribution in [-0.2, 0) is 4.79 Å². The molecule has 0 saturated carbocycles. The van der Waals surface area contributed by atoms with Gasteiger partial charge in [0, 0.05) is 11.1 Å². The Hall–Kier alpha value is -1.94. The minimum atomic E-state index is -2.04. The standard InChI is InChI=1S/C22H26Br2N2O5/c1-12(2)15-11-14(5-6-18(15)27)31-19-16(23)9-13(10-17(19)24)20(28)22(26,21(29)30)7-3-4-8-25/h5-6,9-12,27H,3-4,7-8,25-26H2,1-2H3,(H,29,30). The predicted molar refractivity (Wildman–Crippen MR) is 126 cm³/mol. The molecule has 0 spiro atoms. The highest BCUT2D eigenvalue weighted by Gasteiger charge is 2.42. The van der Waals surface area contributed by atoms with Crippen LogP contribution in [0.4, 0.5) is 0 Å². The van der Waals surface area contributed by atoms with Crippen LogP contribution in [0.5, 0.6) is 17.2 Å². The Balaban J connectivity index is 2.36. The molecule has 9 heteroatoms. The first-order valence-electron chi connectivity index (χ1n) is 9.78. The third-order valence-corrected chi connectivity index (χ3v) is 6.09. The monoisotopic (exact) mass is 556 g/mol. The van der Waals surface area contributed by atoms with Crippen molar-refractivity contribution < 1.29 is 24.5 Å². The molecule has 2 aromatic carbocycles. The molecule has 168 valence electrons. The number of carbonyl (C=O) groups is 2. The van der Waals surface area contributed by atoms with E-state index in [-0.39, 0.29) is 23.7 Å². The number of phenolic OH excluding ortho intramolecular Hbond substituents is 1. The summed E-state index contributed by atoms with van der Waals surface area (Å²) in [5, 5.41) is 19.6. The first-order chi connectivity index (χ1) is 14.5. The molecule has 0 aliphatic heterocycles. The lowest BCUT2D eigenvalue weighted by Crippen LogP contribution is -2.55. The van der Waals surface area contributed by atoms with Crippen LogP contribution in [-0.4, -0.2) is 34.0 Å². The Labute approximate surface area is 198 Å². The van der Waals surface area contributed by atoms with Crippen LogP contribution < -0.4 is 16.2 Å². The summed E-state index contributed by atoms with van der Waals surface area (Å²) in [5.74, 6) is -0.892. The van der Waals surface area contributed by atoms with Crippen molar-refractivity contribution >= 4 is 43.6 Å². The maximum Gasteiger partial charge on any atom is 0.331 e. The third-order valence-electron chi connectivity index (χ3n) is 4.91. The number of benzene rings is 2. The molecule has 0 aliphatic rings. The lowest BCUT2D eigenvalue weighted by Gasteiger charge is -2.24. The van der Waals surface area contributed by atoms with E-state index < -0.39 is 17.3 Å². The van der Waals surface area contributed by atoms with Gasteiger partial charge in [-0.05, 0) is 93.9 Å². The summed E-state index contributed by atoms with van der Waals surface area (Å²) in [6, 6.07) is 7.90.